The molecule has 2 rings (SSSR count). The minimum absolute atomic E-state index is 0.269. The van der Waals surface area contributed by atoms with Crippen LogP contribution >= 0.6 is 11.8 Å². The van der Waals surface area contributed by atoms with Gasteiger partial charge in [0.25, 0.3) is 5.91 Å². The largest absolute Gasteiger partial charge is 0.496 e. The minimum atomic E-state index is -1.43. The number of methoxy groups -OCH3 is 1. The van der Waals surface area contributed by atoms with Crippen LogP contribution < -0.4 is 21.4 Å². The Bertz CT molecular complexity index is 807. The van der Waals surface area contributed by atoms with E-state index in [1.165, 1.54) is 32.0 Å². The number of hydrogen-bond acceptors (Lipinski definition) is 9. The van der Waals surface area contributed by atoms with Gasteiger partial charge in [0.1, 0.15) is 29.4 Å². The lowest BCUT2D eigenvalue weighted by Gasteiger charge is -2.23. The predicted octanol–water partition coefficient (Wildman–Crippen LogP) is 1.43. The normalized spacial score (nSPS) is 20.8. The van der Waals surface area contributed by atoms with Gasteiger partial charge in [-0.1, -0.05) is 18.5 Å². The second kappa shape index (κ2) is 9.05. The van der Waals surface area contributed by atoms with Gasteiger partial charge in [-0.05, 0) is 13.3 Å². The molecular weight excluding hydrogens is 372 g/mol. The fourth-order valence-electron chi connectivity index (χ4n) is 2.52. The molecule has 1 amide bonds. The van der Waals surface area contributed by atoms with E-state index in [2.05, 4.69) is 15.5 Å². The van der Waals surface area contributed by atoms with Crippen LogP contribution in [0.4, 0.5) is 0 Å². The number of thioether (sulfide) groups is 1. The molecule has 3 N–H and O–H groups in total. The summed E-state index contributed by atoms with van der Waals surface area (Å²) >= 11 is 1.33. The molecule has 0 fully saturated rings. The molecule has 0 saturated carbocycles. The van der Waals surface area contributed by atoms with Crippen LogP contribution in [0, 0.1) is 0 Å². The molecule has 0 unspecified atom stereocenters. The number of nitrogens with two attached hydrogens (primary N) is 1. The molecular formula is C17H24N4O5S. The van der Waals surface area contributed by atoms with Gasteiger partial charge >= 0.3 is 5.63 Å². The second-order valence-electron chi connectivity index (χ2n) is 6.02. The van der Waals surface area contributed by atoms with Crippen LogP contribution in [0.15, 0.2) is 31.5 Å². The molecule has 0 bridgehead atoms. The van der Waals surface area contributed by atoms with Crippen LogP contribution in [0.2, 0.25) is 0 Å². The SMILES string of the molecule is CCC[C@@H](NC(=O)[C@]1(N)CSC(/C(C)=N/OC)=N1)c1cc(OC)cc(=O)o1. The summed E-state index contributed by atoms with van der Waals surface area (Å²) in [6, 6.07) is 2.29. The Morgan fingerprint density at radius 2 is 2.26 bits per heavy atom. The molecule has 148 valence electrons. The number of aliphatic imine (C=N–C) groups is 1. The Morgan fingerprint density at radius 3 is 2.89 bits per heavy atom. The number of hydrogen-bond donors (Lipinski definition) is 2. The van der Waals surface area contributed by atoms with E-state index >= 15 is 0 Å². The molecule has 1 aromatic rings. The number of oxime groups is 1. The fourth-order valence-corrected chi connectivity index (χ4v) is 3.55. The smallest absolute Gasteiger partial charge is 0.339 e. The Kier molecular flexibility index (Phi) is 7.03. The third-order valence-electron chi connectivity index (χ3n) is 3.89. The molecule has 10 heteroatoms. The first-order valence-electron chi connectivity index (χ1n) is 8.42. The first-order valence-corrected chi connectivity index (χ1v) is 9.41. The summed E-state index contributed by atoms with van der Waals surface area (Å²) in [6.45, 7) is 3.69. The predicted molar refractivity (Wildman–Crippen MR) is 104 cm³/mol. The number of ether oxygens (including phenoxy) is 1. The summed E-state index contributed by atoms with van der Waals surface area (Å²) in [5.74, 6) is 0.484. The zero-order valence-electron chi connectivity index (χ0n) is 15.8. The van der Waals surface area contributed by atoms with Crippen LogP contribution in [0.25, 0.3) is 0 Å². The van der Waals surface area contributed by atoms with Crippen molar-refractivity contribution in [2.45, 2.75) is 38.4 Å². The highest BCUT2D eigenvalue weighted by molar-refractivity contribution is 8.16. The number of nitrogens with one attached hydrogen (secondary N) is 1. The topological polar surface area (TPSA) is 129 Å². The minimum Gasteiger partial charge on any atom is -0.496 e. The van der Waals surface area contributed by atoms with Crippen molar-refractivity contribution in [3.05, 3.63) is 28.3 Å². The Balaban J connectivity index is 2.24. The van der Waals surface area contributed by atoms with Crippen molar-refractivity contribution in [2.75, 3.05) is 20.0 Å². The van der Waals surface area contributed by atoms with Crippen molar-refractivity contribution in [1.82, 2.24) is 5.32 Å². The molecule has 0 aromatic carbocycles. The maximum absolute atomic E-state index is 12.8. The second-order valence-corrected chi connectivity index (χ2v) is 6.99. The summed E-state index contributed by atoms with van der Waals surface area (Å²) < 4.78 is 10.4. The molecule has 0 radical (unpaired) electrons. The zero-order chi connectivity index (χ0) is 20.0. The van der Waals surface area contributed by atoms with E-state index in [1.807, 2.05) is 6.92 Å². The van der Waals surface area contributed by atoms with Crippen LogP contribution in [0.1, 0.15) is 38.5 Å². The number of amides is 1. The summed E-state index contributed by atoms with van der Waals surface area (Å²) in [5.41, 5.74) is 4.76. The lowest BCUT2D eigenvalue weighted by molar-refractivity contribution is -0.126. The van der Waals surface area contributed by atoms with Gasteiger partial charge in [-0.25, -0.2) is 9.79 Å². The third-order valence-corrected chi connectivity index (χ3v) is 5.13. The highest BCUT2D eigenvalue weighted by Gasteiger charge is 2.41. The molecule has 0 saturated heterocycles. The van der Waals surface area contributed by atoms with Crippen molar-refractivity contribution in [1.29, 1.82) is 0 Å². The lowest BCUT2D eigenvalue weighted by Crippen LogP contribution is -2.54. The average molecular weight is 396 g/mol. The van der Waals surface area contributed by atoms with Crippen molar-refractivity contribution < 1.29 is 18.8 Å². The maximum Gasteiger partial charge on any atom is 0.339 e. The van der Waals surface area contributed by atoms with E-state index in [0.717, 1.165) is 6.42 Å². The van der Waals surface area contributed by atoms with E-state index in [4.69, 9.17) is 19.7 Å². The Labute approximate surface area is 161 Å². The number of nitrogens with zero attached hydrogens (tertiary/aromatic N) is 2. The number of carbonyl (C=O) groups excluding carboxylic acids is 1. The molecule has 2 heterocycles. The van der Waals surface area contributed by atoms with E-state index in [9.17, 15) is 9.59 Å². The highest BCUT2D eigenvalue weighted by atomic mass is 32.2. The van der Waals surface area contributed by atoms with E-state index in [1.54, 1.807) is 13.0 Å². The van der Waals surface area contributed by atoms with Gasteiger partial charge < -0.3 is 19.3 Å². The summed E-state index contributed by atoms with van der Waals surface area (Å²) in [7, 11) is 2.89. The molecule has 1 aliphatic heterocycles. The molecule has 9 nitrogen and oxygen atoms in total. The number of carbonyl (C=O) groups is 1. The van der Waals surface area contributed by atoms with Crippen LogP contribution in [-0.4, -0.2) is 42.3 Å². The van der Waals surface area contributed by atoms with E-state index in [0.29, 0.717) is 28.7 Å². The van der Waals surface area contributed by atoms with Crippen molar-refractivity contribution in [3.8, 4) is 5.75 Å². The third kappa shape index (κ3) is 5.10. The molecule has 1 aliphatic rings. The molecule has 2 atom stereocenters. The van der Waals surface area contributed by atoms with Gasteiger partial charge in [0.05, 0.1) is 19.2 Å². The van der Waals surface area contributed by atoms with Gasteiger partial charge in [-0.15, -0.1) is 11.8 Å². The molecule has 27 heavy (non-hydrogen) atoms. The zero-order valence-corrected chi connectivity index (χ0v) is 16.6. The summed E-state index contributed by atoms with van der Waals surface area (Å²) in [4.78, 5) is 33.6. The monoisotopic (exact) mass is 396 g/mol. The molecule has 0 spiro atoms. The van der Waals surface area contributed by atoms with Crippen LogP contribution in [-0.2, 0) is 9.63 Å². The van der Waals surface area contributed by atoms with Crippen LogP contribution in [0.5, 0.6) is 5.75 Å². The maximum atomic E-state index is 12.8. The van der Waals surface area contributed by atoms with Gasteiger partial charge in [-0.2, -0.15) is 0 Å². The highest BCUT2D eigenvalue weighted by Crippen LogP contribution is 2.27. The van der Waals surface area contributed by atoms with Gasteiger partial charge in [0, 0.05) is 11.8 Å². The van der Waals surface area contributed by atoms with Gasteiger partial charge in [0.2, 0.25) is 0 Å². The first kappa shape index (κ1) is 21.0. The van der Waals surface area contributed by atoms with Gasteiger partial charge in [-0.3, -0.25) is 10.5 Å². The van der Waals surface area contributed by atoms with E-state index < -0.39 is 23.2 Å². The quantitative estimate of drug-likeness (QED) is 0.502. The van der Waals surface area contributed by atoms with Gasteiger partial charge in [0.15, 0.2) is 5.66 Å². The van der Waals surface area contributed by atoms with Crippen molar-refractivity contribution in [3.63, 3.8) is 0 Å². The van der Waals surface area contributed by atoms with Crippen LogP contribution in [0.3, 0.4) is 0 Å². The molecule has 0 aliphatic carbocycles. The summed E-state index contributed by atoms with van der Waals surface area (Å²) in [5, 5.41) is 7.21. The molecule has 1 aromatic heterocycles. The first-order chi connectivity index (χ1) is 12.8. The average Bonchev–Trinajstić information content (AvgIpc) is 3.04. The fraction of sp³-hybridized carbons (Fsp3) is 0.529. The van der Waals surface area contributed by atoms with E-state index in [-0.39, 0.29) is 5.75 Å². The van der Waals surface area contributed by atoms with Crippen molar-refractivity contribution >= 4 is 28.4 Å². The standard InChI is InChI=1S/C17H24N4O5S/c1-5-6-12(13-7-11(24-3)8-14(22)26-13)19-16(23)17(18)9-27-15(20-17)10(2)21-25-4/h7-8,12H,5-6,9,18H2,1-4H3,(H,19,23)/b21-10+/t12-,17+/m1/s1. The Morgan fingerprint density at radius 1 is 1.52 bits per heavy atom. The summed E-state index contributed by atoms with van der Waals surface area (Å²) in [6.07, 6.45) is 1.32. The van der Waals surface area contributed by atoms with Crippen molar-refractivity contribution in [2.24, 2.45) is 15.9 Å². The number of rotatable bonds is 8. The lowest BCUT2D eigenvalue weighted by atomic mass is 10.1. The Hall–Kier alpha value is -2.33.